The van der Waals surface area contributed by atoms with Gasteiger partial charge in [0.15, 0.2) is 0 Å². The number of pyridine rings is 1. The molecule has 43 heavy (non-hydrogen) atoms. The fourth-order valence-corrected chi connectivity index (χ4v) is 6.35. The SMILES string of the molecule is O=C(O)c1ccc2nc(CN3CCC(c4cccc(OCc5ccc(C6COC6)cc5Cl)n4)CC3)n(CC3CCO3)c2c1. The van der Waals surface area contributed by atoms with Crippen molar-refractivity contribution in [2.75, 3.05) is 32.9 Å². The first-order valence-corrected chi connectivity index (χ1v) is 15.4. The smallest absolute Gasteiger partial charge is 0.335 e. The molecule has 0 bridgehead atoms. The Kier molecular flexibility index (Phi) is 8.05. The van der Waals surface area contributed by atoms with Crippen molar-refractivity contribution in [2.24, 2.45) is 0 Å². The van der Waals surface area contributed by atoms with Crippen molar-refractivity contribution in [3.05, 3.63) is 87.8 Å². The van der Waals surface area contributed by atoms with Gasteiger partial charge in [-0.2, -0.15) is 0 Å². The van der Waals surface area contributed by atoms with Crippen LogP contribution in [0.4, 0.5) is 0 Å². The summed E-state index contributed by atoms with van der Waals surface area (Å²) in [5.74, 6) is 1.42. The van der Waals surface area contributed by atoms with Crippen molar-refractivity contribution in [1.82, 2.24) is 19.4 Å². The Bertz CT molecular complexity index is 1630. The van der Waals surface area contributed by atoms with Gasteiger partial charge in [-0.3, -0.25) is 4.90 Å². The summed E-state index contributed by atoms with van der Waals surface area (Å²) in [7, 11) is 0. The van der Waals surface area contributed by atoms with Gasteiger partial charge >= 0.3 is 5.97 Å². The molecule has 2 aromatic carbocycles. The summed E-state index contributed by atoms with van der Waals surface area (Å²) in [6.07, 6.45) is 3.14. The molecule has 0 spiro atoms. The number of carboxylic acid groups (broad SMARTS) is 1. The molecule has 0 aliphatic carbocycles. The second-order valence-corrected chi connectivity index (χ2v) is 12.2. The molecule has 3 saturated heterocycles. The van der Waals surface area contributed by atoms with Crippen molar-refractivity contribution in [1.29, 1.82) is 0 Å². The van der Waals surface area contributed by atoms with Crippen LogP contribution in [0.2, 0.25) is 5.02 Å². The highest BCUT2D eigenvalue weighted by atomic mass is 35.5. The number of rotatable bonds is 10. The summed E-state index contributed by atoms with van der Waals surface area (Å²) in [5.41, 5.74) is 5.16. The Morgan fingerprint density at radius 1 is 1.02 bits per heavy atom. The average Bonchev–Trinajstić information content (AvgIpc) is 3.30. The molecule has 1 unspecified atom stereocenters. The molecule has 0 amide bonds. The zero-order valence-electron chi connectivity index (χ0n) is 24.0. The molecule has 3 aliphatic rings. The first-order valence-electron chi connectivity index (χ1n) is 15.0. The minimum atomic E-state index is -0.932. The number of imidazole rings is 1. The van der Waals surface area contributed by atoms with Gasteiger partial charge in [0, 0.05) is 40.8 Å². The summed E-state index contributed by atoms with van der Waals surface area (Å²) in [6.45, 7) is 5.91. The molecule has 224 valence electrons. The van der Waals surface area contributed by atoms with Crippen LogP contribution in [0, 0.1) is 0 Å². The van der Waals surface area contributed by atoms with E-state index in [0.29, 0.717) is 42.4 Å². The number of nitrogens with zero attached hydrogens (tertiary/aromatic N) is 4. The topological polar surface area (TPSA) is 98.9 Å². The molecule has 0 saturated carbocycles. The minimum absolute atomic E-state index is 0.147. The number of carbonyl (C=O) groups is 1. The second kappa shape index (κ2) is 12.2. The lowest BCUT2D eigenvalue weighted by Gasteiger charge is -2.32. The molecule has 0 radical (unpaired) electrons. The molecule has 7 rings (SSSR count). The molecule has 10 heteroatoms. The summed E-state index contributed by atoms with van der Waals surface area (Å²) < 4.78 is 19.2. The van der Waals surface area contributed by atoms with Crippen LogP contribution in [0.3, 0.4) is 0 Å². The number of ether oxygens (including phenoxy) is 3. The summed E-state index contributed by atoms with van der Waals surface area (Å²) in [6, 6.07) is 17.3. The summed E-state index contributed by atoms with van der Waals surface area (Å²) >= 11 is 6.55. The molecule has 9 nitrogen and oxygen atoms in total. The lowest BCUT2D eigenvalue weighted by Crippen LogP contribution is -2.35. The monoisotopic (exact) mass is 602 g/mol. The second-order valence-electron chi connectivity index (χ2n) is 11.8. The van der Waals surface area contributed by atoms with E-state index in [1.54, 1.807) is 18.2 Å². The van der Waals surface area contributed by atoms with Crippen LogP contribution >= 0.6 is 11.6 Å². The molecule has 5 heterocycles. The number of piperidine rings is 1. The van der Waals surface area contributed by atoms with Crippen molar-refractivity contribution < 1.29 is 24.1 Å². The summed E-state index contributed by atoms with van der Waals surface area (Å²) in [5, 5.41) is 10.2. The summed E-state index contributed by atoms with van der Waals surface area (Å²) in [4.78, 5) is 23.8. The Morgan fingerprint density at radius 3 is 2.56 bits per heavy atom. The van der Waals surface area contributed by atoms with Gasteiger partial charge in [0.1, 0.15) is 12.4 Å². The van der Waals surface area contributed by atoms with Gasteiger partial charge in [0.2, 0.25) is 5.88 Å². The Morgan fingerprint density at radius 2 is 1.86 bits per heavy atom. The highest BCUT2D eigenvalue weighted by molar-refractivity contribution is 6.31. The van der Waals surface area contributed by atoms with Gasteiger partial charge in [0.25, 0.3) is 0 Å². The van der Waals surface area contributed by atoms with E-state index in [1.165, 1.54) is 5.56 Å². The van der Waals surface area contributed by atoms with E-state index in [0.717, 1.165) is 80.3 Å². The number of halogens is 1. The van der Waals surface area contributed by atoms with E-state index in [4.69, 9.17) is 35.8 Å². The van der Waals surface area contributed by atoms with Crippen LogP contribution in [-0.4, -0.2) is 69.5 Å². The van der Waals surface area contributed by atoms with E-state index < -0.39 is 5.97 Å². The van der Waals surface area contributed by atoms with E-state index in [2.05, 4.69) is 21.6 Å². The van der Waals surface area contributed by atoms with Crippen LogP contribution in [0.1, 0.15) is 64.1 Å². The molecular weight excluding hydrogens is 568 g/mol. The Hall–Kier alpha value is -3.50. The minimum Gasteiger partial charge on any atom is -0.478 e. The van der Waals surface area contributed by atoms with Crippen molar-refractivity contribution in [2.45, 2.75) is 56.9 Å². The maximum atomic E-state index is 11.6. The molecular formula is C33H35ClN4O5. The number of fused-ring (bicyclic) bond motifs is 1. The zero-order valence-corrected chi connectivity index (χ0v) is 24.7. The number of hydrogen-bond donors (Lipinski definition) is 1. The van der Waals surface area contributed by atoms with Gasteiger partial charge in [0.05, 0.1) is 49.0 Å². The van der Waals surface area contributed by atoms with Crippen LogP contribution in [0.5, 0.6) is 5.88 Å². The number of benzene rings is 2. The van der Waals surface area contributed by atoms with E-state index >= 15 is 0 Å². The third-order valence-corrected chi connectivity index (χ3v) is 9.28. The number of aromatic carboxylic acids is 1. The molecule has 3 fully saturated rings. The highest BCUT2D eigenvalue weighted by Crippen LogP contribution is 2.31. The Labute approximate surface area is 255 Å². The van der Waals surface area contributed by atoms with Crippen LogP contribution in [0.25, 0.3) is 11.0 Å². The van der Waals surface area contributed by atoms with Crippen LogP contribution < -0.4 is 4.74 Å². The lowest BCUT2D eigenvalue weighted by atomic mass is 9.93. The maximum absolute atomic E-state index is 11.6. The molecule has 1 atom stereocenters. The predicted molar refractivity (Wildman–Crippen MR) is 162 cm³/mol. The third kappa shape index (κ3) is 6.13. The standard InChI is InChI=1S/C33H35ClN4O5/c34-27-14-22(25-18-41-19-25)4-5-24(27)20-43-32-3-1-2-28(36-32)21-8-11-37(12-9-21)17-31-35-29-7-6-23(33(39)40)15-30(29)38(31)16-26-10-13-42-26/h1-7,14-15,21,25-26H,8-13,16-20H2,(H,39,40). The first-order chi connectivity index (χ1) is 21.0. The molecule has 1 N–H and O–H groups in total. The van der Waals surface area contributed by atoms with Crippen LogP contribution in [-0.2, 0) is 29.2 Å². The quantitative estimate of drug-likeness (QED) is 0.249. The molecule has 4 aromatic rings. The van der Waals surface area contributed by atoms with Crippen LogP contribution in [0.15, 0.2) is 54.6 Å². The average molecular weight is 603 g/mol. The largest absolute Gasteiger partial charge is 0.478 e. The number of likely N-dealkylation sites (tertiary alicyclic amines) is 1. The number of hydrogen-bond acceptors (Lipinski definition) is 7. The van der Waals surface area contributed by atoms with Gasteiger partial charge < -0.3 is 23.9 Å². The molecule has 2 aromatic heterocycles. The van der Waals surface area contributed by atoms with Gasteiger partial charge in [-0.15, -0.1) is 0 Å². The number of aromatic nitrogens is 3. The Balaban J connectivity index is 0.982. The van der Waals surface area contributed by atoms with E-state index in [1.807, 2.05) is 24.3 Å². The van der Waals surface area contributed by atoms with Crippen molar-refractivity contribution in [3.63, 3.8) is 0 Å². The van der Waals surface area contributed by atoms with Gasteiger partial charge in [-0.25, -0.2) is 14.8 Å². The van der Waals surface area contributed by atoms with Gasteiger partial charge in [-0.05, 0) is 68.2 Å². The van der Waals surface area contributed by atoms with E-state index in [9.17, 15) is 9.90 Å². The number of carboxylic acids is 1. The fourth-order valence-electron chi connectivity index (χ4n) is 6.10. The van der Waals surface area contributed by atoms with Crippen molar-refractivity contribution >= 4 is 28.6 Å². The molecule has 3 aliphatic heterocycles. The van der Waals surface area contributed by atoms with Gasteiger partial charge in [-0.1, -0.05) is 29.8 Å². The fraction of sp³-hybridized carbons (Fsp3) is 0.424. The zero-order chi connectivity index (χ0) is 29.3. The van der Waals surface area contributed by atoms with E-state index in [-0.39, 0.29) is 11.7 Å². The predicted octanol–water partition coefficient (Wildman–Crippen LogP) is 5.64. The normalized spacial score (nSPS) is 19.7. The van der Waals surface area contributed by atoms with Crippen molar-refractivity contribution in [3.8, 4) is 5.88 Å². The third-order valence-electron chi connectivity index (χ3n) is 8.93. The first kappa shape index (κ1) is 28.3. The lowest BCUT2D eigenvalue weighted by molar-refractivity contribution is -0.0592. The highest BCUT2D eigenvalue weighted by Gasteiger charge is 2.26. The maximum Gasteiger partial charge on any atom is 0.335 e.